The lowest BCUT2D eigenvalue weighted by atomic mass is 10.0. The monoisotopic (exact) mass is 240 g/mol. The van der Waals surface area contributed by atoms with Crippen molar-refractivity contribution in [3.05, 3.63) is 16.6 Å². The molecule has 0 saturated carbocycles. The van der Waals surface area contributed by atoms with E-state index in [1.54, 1.807) is 11.3 Å². The van der Waals surface area contributed by atoms with Crippen molar-refractivity contribution in [1.29, 1.82) is 0 Å². The third-order valence-corrected chi connectivity index (χ3v) is 3.80. The summed E-state index contributed by atoms with van der Waals surface area (Å²) in [5, 5.41) is 3.55. The summed E-state index contributed by atoms with van der Waals surface area (Å²) >= 11 is 1.74. The van der Waals surface area contributed by atoms with Gasteiger partial charge in [-0.3, -0.25) is 4.98 Å². The number of nitrogens with zero attached hydrogens (tertiary/aromatic N) is 1. The fourth-order valence-electron chi connectivity index (χ4n) is 2.26. The molecule has 1 aliphatic rings. The minimum atomic E-state index is 0.469. The number of hydrogen-bond acceptors (Lipinski definition) is 4. The van der Waals surface area contributed by atoms with Gasteiger partial charge in [-0.2, -0.15) is 0 Å². The zero-order valence-electron chi connectivity index (χ0n) is 9.82. The summed E-state index contributed by atoms with van der Waals surface area (Å²) in [6.45, 7) is 4.13. The molecule has 2 rings (SSSR count). The van der Waals surface area contributed by atoms with Gasteiger partial charge >= 0.3 is 0 Å². The van der Waals surface area contributed by atoms with E-state index in [0.29, 0.717) is 12.1 Å². The lowest BCUT2D eigenvalue weighted by molar-refractivity contribution is 0.0948. The van der Waals surface area contributed by atoms with E-state index >= 15 is 0 Å². The van der Waals surface area contributed by atoms with Gasteiger partial charge in [0.15, 0.2) is 0 Å². The molecule has 0 spiro atoms. The summed E-state index contributed by atoms with van der Waals surface area (Å²) in [7, 11) is 0. The van der Waals surface area contributed by atoms with Gasteiger partial charge in [-0.15, -0.1) is 11.3 Å². The van der Waals surface area contributed by atoms with Crippen LogP contribution in [0.5, 0.6) is 0 Å². The van der Waals surface area contributed by atoms with Crippen LogP contribution in [0.25, 0.3) is 0 Å². The molecule has 3 nitrogen and oxygen atoms in total. The van der Waals surface area contributed by atoms with Crippen molar-refractivity contribution < 1.29 is 4.74 Å². The van der Waals surface area contributed by atoms with Gasteiger partial charge in [-0.25, -0.2) is 0 Å². The standard InChI is InChI=1S/C12H20N2OS/c1-2-14-10(6-11-4-3-5-15-11)7-12-8-13-9-16-12/h8-11,14H,2-7H2,1H3. The second-order valence-electron chi connectivity index (χ2n) is 4.30. The van der Waals surface area contributed by atoms with Crippen molar-refractivity contribution in [1.82, 2.24) is 10.3 Å². The number of nitrogens with one attached hydrogen (secondary N) is 1. The van der Waals surface area contributed by atoms with E-state index in [4.69, 9.17) is 4.74 Å². The van der Waals surface area contributed by atoms with Crippen molar-refractivity contribution in [2.24, 2.45) is 0 Å². The van der Waals surface area contributed by atoms with Crippen LogP contribution in [0.3, 0.4) is 0 Å². The minimum absolute atomic E-state index is 0.469. The Morgan fingerprint density at radius 1 is 1.69 bits per heavy atom. The Labute approximate surface area is 101 Å². The first kappa shape index (κ1) is 12.0. The lowest BCUT2D eigenvalue weighted by Gasteiger charge is -2.20. The Bertz CT molecular complexity index is 283. The Kier molecular flexibility index (Phi) is 4.75. The van der Waals surface area contributed by atoms with Crippen LogP contribution in [0.15, 0.2) is 11.7 Å². The molecule has 1 N–H and O–H groups in total. The van der Waals surface area contributed by atoms with Crippen LogP contribution in [0.4, 0.5) is 0 Å². The third-order valence-electron chi connectivity index (χ3n) is 3.00. The summed E-state index contributed by atoms with van der Waals surface area (Å²) in [6, 6.07) is 0.536. The average molecular weight is 240 g/mol. The molecular weight excluding hydrogens is 220 g/mol. The van der Waals surface area contributed by atoms with E-state index in [0.717, 1.165) is 26.0 Å². The molecule has 16 heavy (non-hydrogen) atoms. The maximum absolute atomic E-state index is 5.70. The molecular formula is C12H20N2OS. The van der Waals surface area contributed by atoms with Crippen LogP contribution in [0.1, 0.15) is 31.1 Å². The molecule has 1 aromatic heterocycles. The predicted octanol–water partition coefficient (Wildman–Crippen LogP) is 2.23. The normalized spacial score (nSPS) is 22.4. The van der Waals surface area contributed by atoms with Crippen LogP contribution in [-0.4, -0.2) is 30.3 Å². The van der Waals surface area contributed by atoms with E-state index in [1.165, 1.54) is 17.7 Å². The second-order valence-corrected chi connectivity index (χ2v) is 5.27. The first-order valence-corrected chi connectivity index (χ1v) is 6.98. The summed E-state index contributed by atoms with van der Waals surface area (Å²) in [4.78, 5) is 5.49. The SMILES string of the molecule is CCNC(Cc1cncs1)CC1CCCO1. The highest BCUT2D eigenvalue weighted by Crippen LogP contribution is 2.19. The van der Waals surface area contributed by atoms with Crippen LogP contribution in [0.2, 0.25) is 0 Å². The molecule has 2 atom stereocenters. The number of aromatic nitrogens is 1. The maximum Gasteiger partial charge on any atom is 0.0794 e. The van der Waals surface area contributed by atoms with Crippen molar-refractivity contribution in [3.8, 4) is 0 Å². The molecule has 1 aromatic rings. The van der Waals surface area contributed by atoms with Gasteiger partial charge in [0, 0.05) is 23.7 Å². The van der Waals surface area contributed by atoms with Crippen molar-refractivity contribution in [2.45, 2.75) is 44.8 Å². The number of hydrogen-bond donors (Lipinski definition) is 1. The molecule has 1 fully saturated rings. The van der Waals surface area contributed by atoms with E-state index < -0.39 is 0 Å². The van der Waals surface area contributed by atoms with Crippen LogP contribution in [0, 0.1) is 0 Å². The molecule has 0 bridgehead atoms. The molecule has 0 aliphatic carbocycles. The zero-order valence-corrected chi connectivity index (χ0v) is 10.6. The zero-order chi connectivity index (χ0) is 11.2. The van der Waals surface area contributed by atoms with E-state index in [-0.39, 0.29) is 0 Å². The van der Waals surface area contributed by atoms with Gasteiger partial charge in [0.2, 0.25) is 0 Å². The molecule has 1 aliphatic heterocycles. The lowest BCUT2D eigenvalue weighted by Crippen LogP contribution is -2.34. The summed E-state index contributed by atoms with van der Waals surface area (Å²) in [6.07, 6.45) is 7.11. The van der Waals surface area contributed by atoms with Crippen LogP contribution >= 0.6 is 11.3 Å². The first-order chi connectivity index (χ1) is 7.88. The third kappa shape index (κ3) is 3.54. The summed E-state index contributed by atoms with van der Waals surface area (Å²) in [5.74, 6) is 0. The van der Waals surface area contributed by atoms with Crippen LogP contribution in [-0.2, 0) is 11.2 Å². The molecule has 0 aromatic carbocycles. The fourth-order valence-corrected chi connectivity index (χ4v) is 2.94. The Morgan fingerprint density at radius 2 is 2.62 bits per heavy atom. The highest BCUT2D eigenvalue weighted by atomic mass is 32.1. The predicted molar refractivity (Wildman–Crippen MR) is 66.9 cm³/mol. The van der Waals surface area contributed by atoms with Gasteiger partial charge in [-0.05, 0) is 32.2 Å². The van der Waals surface area contributed by atoms with Crippen molar-refractivity contribution in [3.63, 3.8) is 0 Å². The van der Waals surface area contributed by atoms with E-state index in [9.17, 15) is 0 Å². The second kappa shape index (κ2) is 6.33. The van der Waals surface area contributed by atoms with E-state index in [1.807, 2.05) is 11.7 Å². The van der Waals surface area contributed by atoms with Gasteiger partial charge in [0.05, 0.1) is 11.6 Å². The average Bonchev–Trinajstić information content (AvgIpc) is 2.91. The quantitative estimate of drug-likeness (QED) is 0.828. The largest absolute Gasteiger partial charge is 0.378 e. The number of likely N-dealkylation sites (N-methyl/N-ethyl adjacent to an activating group) is 1. The Balaban J connectivity index is 1.83. The van der Waals surface area contributed by atoms with Gasteiger partial charge < -0.3 is 10.1 Å². The number of ether oxygens (including phenoxy) is 1. The Hall–Kier alpha value is -0.450. The van der Waals surface area contributed by atoms with Gasteiger partial charge in [-0.1, -0.05) is 6.92 Å². The summed E-state index contributed by atoms with van der Waals surface area (Å²) < 4.78 is 5.70. The molecule has 4 heteroatoms. The van der Waals surface area contributed by atoms with Crippen LogP contribution < -0.4 is 5.32 Å². The molecule has 0 radical (unpaired) electrons. The van der Waals surface area contributed by atoms with Gasteiger partial charge in [0.1, 0.15) is 0 Å². The van der Waals surface area contributed by atoms with Crippen molar-refractivity contribution >= 4 is 11.3 Å². The highest BCUT2D eigenvalue weighted by Gasteiger charge is 2.20. The summed E-state index contributed by atoms with van der Waals surface area (Å²) in [5.41, 5.74) is 1.91. The molecule has 2 heterocycles. The molecule has 0 amide bonds. The van der Waals surface area contributed by atoms with Crippen molar-refractivity contribution in [2.75, 3.05) is 13.2 Å². The fraction of sp³-hybridized carbons (Fsp3) is 0.750. The topological polar surface area (TPSA) is 34.2 Å². The van der Waals surface area contributed by atoms with Gasteiger partial charge in [0.25, 0.3) is 0 Å². The smallest absolute Gasteiger partial charge is 0.0794 e. The minimum Gasteiger partial charge on any atom is -0.378 e. The van der Waals surface area contributed by atoms with E-state index in [2.05, 4.69) is 17.2 Å². The maximum atomic E-state index is 5.70. The first-order valence-electron chi connectivity index (χ1n) is 6.11. The highest BCUT2D eigenvalue weighted by molar-refractivity contribution is 7.09. The number of rotatable bonds is 6. The molecule has 90 valence electrons. The number of thiazole rings is 1. The molecule has 2 unspecified atom stereocenters. The molecule has 1 saturated heterocycles. The Morgan fingerprint density at radius 3 is 3.25 bits per heavy atom.